The number of hydrogen-bond acceptors (Lipinski definition) is 2. The molecule has 0 saturated carbocycles. The monoisotopic (exact) mass is 200 g/mol. The lowest BCUT2D eigenvalue weighted by Gasteiger charge is -2.07. The molecule has 2 heterocycles. The first-order chi connectivity index (χ1) is 7.36. The molecule has 1 aromatic carbocycles. The zero-order valence-electron chi connectivity index (χ0n) is 8.34. The molecular formula is C12H12N2O. The van der Waals surface area contributed by atoms with Crippen LogP contribution in [-0.2, 0) is 0 Å². The minimum atomic E-state index is 0.248. The van der Waals surface area contributed by atoms with Crippen LogP contribution in [0.1, 0.15) is 23.2 Å². The molecule has 0 fully saturated rings. The number of nitrogens with one attached hydrogen (secondary N) is 2. The number of carbonyl (C=O) groups excluding carboxylic acids is 1. The highest BCUT2D eigenvalue weighted by molar-refractivity contribution is 6.09. The summed E-state index contributed by atoms with van der Waals surface area (Å²) in [7, 11) is 0. The number of fused-ring (bicyclic) bond motifs is 3. The number of carbonyl (C=O) groups is 1. The molecule has 0 amide bonds. The summed E-state index contributed by atoms with van der Waals surface area (Å²) in [6.07, 6.45) is 3.47. The number of hydrogen-bond donors (Lipinski definition) is 2. The average molecular weight is 200 g/mol. The summed E-state index contributed by atoms with van der Waals surface area (Å²) < 4.78 is 0. The number of Topliss-reactive ketones (excluding diaryl/α,β-unsaturated/α-hetero) is 1. The maximum absolute atomic E-state index is 11.8. The Bertz CT molecular complexity index is 527. The Morgan fingerprint density at radius 2 is 2.13 bits per heavy atom. The second kappa shape index (κ2) is 3.12. The fraction of sp³-hybridized carbons (Fsp3) is 0.250. The molecule has 3 nitrogen and oxygen atoms in total. The van der Waals surface area contributed by atoms with E-state index in [0.717, 1.165) is 35.1 Å². The molecule has 76 valence electrons. The zero-order valence-corrected chi connectivity index (χ0v) is 8.34. The second-order valence-electron chi connectivity index (χ2n) is 3.88. The Hall–Kier alpha value is -1.77. The normalized spacial score (nSPS) is 15.9. The van der Waals surface area contributed by atoms with E-state index in [-0.39, 0.29) is 5.78 Å². The summed E-state index contributed by atoms with van der Waals surface area (Å²) in [4.78, 5) is 15.0. The van der Waals surface area contributed by atoms with E-state index < -0.39 is 0 Å². The summed E-state index contributed by atoms with van der Waals surface area (Å²) in [5.74, 6) is 0.248. The lowest BCUT2D eigenvalue weighted by molar-refractivity contribution is 0.0984. The third-order valence-corrected chi connectivity index (χ3v) is 2.92. The molecule has 0 bridgehead atoms. The van der Waals surface area contributed by atoms with E-state index in [9.17, 15) is 4.79 Å². The number of rotatable bonds is 0. The van der Waals surface area contributed by atoms with Gasteiger partial charge in [-0.2, -0.15) is 0 Å². The van der Waals surface area contributed by atoms with E-state index in [1.165, 1.54) is 0 Å². The third kappa shape index (κ3) is 1.23. The van der Waals surface area contributed by atoms with Gasteiger partial charge in [-0.05, 0) is 24.6 Å². The lowest BCUT2D eigenvalue weighted by atomic mass is 10.0. The van der Waals surface area contributed by atoms with Crippen LogP contribution < -0.4 is 5.32 Å². The van der Waals surface area contributed by atoms with Crippen LogP contribution in [0.15, 0.2) is 24.4 Å². The van der Waals surface area contributed by atoms with Gasteiger partial charge in [0.25, 0.3) is 0 Å². The molecule has 1 aliphatic heterocycles. The van der Waals surface area contributed by atoms with Crippen LogP contribution in [0.2, 0.25) is 0 Å². The van der Waals surface area contributed by atoms with Crippen molar-refractivity contribution >= 4 is 22.4 Å². The molecule has 0 unspecified atom stereocenters. The van der Waals surface area contributed by atoms with Gasteiger partial charge in [0.1, 0.15) is 0 Å². The topological polar surface area (TPSA) is 44.9 Å². The van der Waals surface area contributed by atoms with Gasteiger partial charge in [-0.3, -0.25) is 4.79 Å². The second-order valence-corrected chi connectivity index (χ2v) is 3.88. The van der Waals surface area contributed by atoms with Gasteiger partial charge in [0.05, 0.1) is 5.69 Å². The number of anilines is 1. The first-order valence-corrected chi connectivity index (χ1v) is 5.23. The van der Waals surface area contributed by atoms with Crippen LogP contribution in [0.3, 0.4) is 0 Å². The van der Waals surface area contributed by atoms with Gasteiger partial charge in [-0.1, -0.05) is 0 Å². The predicted molar refractivity (Wildman–Crippen MR) is 60.4 cm³/mol. The van der Waals surface area contributed by atoms with Crippen molar-refractivity contribution in [2.75, 3.05) is 11.9 Å². The largest absolute Gasteiger partial charge is 0.384 e. The molecule has 0 radical (unpaired) electrons. The van der Waals surface area contributed by atoms with Crippen molar-refractivity contribution < 1.29 is 4.79 Å². The van der Waals surface area contributed by atoms with Crippen molar-refractivity contribution in [1.29, 1.82) is 0 Å². The maximum Gasteiger partial charge on any atom is 0.165 e. The smallest absolute Gasteiger partial charge is 0.165 e. The molecule has 2 N–H and O–H groups in total. The van der Waals surface area contributed by atoms with Gasteiger partial charge >= 0.3 is 0 Å². The third-order valence-electron chi connectivity index (χ3n) is 2.92. The number of ketones is 1. The van der Waals surface area contributed by atoms with E-state index in [0.29, 0.717) is 6.42 Å². The van der Waals surface area contributed by atoms with Gasteiger partial charge in [0, 0.05) is 35.6 Å². The summed E-state index contributed by atoms with van der Waals surface area (Å²) in [6, 6.07) is 5.90. The standard InChI is InChI=1S/C12H12N2O/c15-11-2-1-6-14-12-8-5-7-13-10(8)4-3-9(11)12/h3-5,7,13-14H,1-2,6H2. The quantitative estimate of drug-likeness (QED) is 0.686. The molecule has 0 spiro atoms. The molecule has 1 aliphatic rings. The Labute approximate surface area is 87.5 Å². The fourth-order valence-corrected chi connectivity index (χ4v) is 2.15. The molecule has 0 saturated heterocycles. The Balaban J connectivity index is 2.31. The molecule has 0 aliphatic carbocycles. The minimum Gasteiger partial charge on any atom is -0.384 e. The highest BCUT2D eigenvalue weighted by atomic mass is 16.1. The van der Waals surface area contributed by atoms with Crippen LogP contribution in [0.25, 0.3) is 10.9 Å². The molecule has 3 rings (SSSR count). The summed E-state index contributed by atoms with van der Waals surface area (Å²) in [5.41, 5.74) is 2.91. The van der Waals surface area contributed by atoms with Crippen molar-refractivity contribution in [3.05, 3.63) is 30.0 Å². The van der Waals surface area contributed by atoms with E-state index in [1.54, 1.807) is 0 Å². The maximum atomic E-state index is 11.8. The zero-order chi connectivity index (χ0) is 10.3. The van der Waals surface area contributed by atoms with Gasteiger partial charge in [-0.25, -0.2) is 0 Å². The van der Waals surface area contributed by atoms with Crippen molar-refractivity contribution in [1.82, 2.24) is 4.98 Å². The van der Waals surface area contributed by atoms with Crippen molar-refractivity contribution in [2.24, 2.45) is 0 Å². The number of benzene rings is 1. The summed E-state index contributed by atoms with van der Waals surface area (Å²) in [6.45, 7) is 0.878. The molecule has 3 heteroatoms. The molecule has 0 atom stereocenters. The van der Waals surface area contributed by atoms with Crippen LogP contribution in [0.5, 0.6) is 0 Å². The summed E-state index contributed by atoms with van der Waals surface area (Å²) >= 11 is 0. The van der Waals surface area contributed by atoms with E-state index in [4.69, 9.17) is 0 Å². The fourth-order valence-electron chi connectivity index (χ4n) is 2.15. The van der Waals surface area contributed by atoms with Crippen LogP contribution in [0, 0.1) is 0 Å². The first-order valence-electron chi connectivity index (χ1n) is 5.23. The van der Waals surface area contributed by atoms with E-state index in [1.807, 2.05) is 24.4 Å². The van der Waals surface area contributed by atoms with Gasteiger partial charge < -0.3 is 10.3 Å². The predicted octanol–water partition coefficient (Wildman–Crippen LogP) is 2.56. The highest BCUT2D eigenvalue weighted by Gasteiger charge is 2.17. The van der Waals surface area contributed by atoms with Gasteiger partial charge in [0.15, 0.2) is 5.78 Å². The summed E-state index contributed by atoms with van der Waals surface area (Å²) in [5, 5.41) is 4.46. The minimum absolute atomic E-state index is 0.248. The van der Waals surface area contributed by atoms with Crippen molar-refractivity contribution in [2.45, 2.75) is 12.8 Å². The van der Waals surface area contributed by atoms with Crippen LogP contribution >= 0.6 is 0 Å². The SMILES string of the molecule is O=C1CCCNc2c1ccc1[nH]ccc21. The molecule has 2 aromatic rings. The molecule has 15 heavy (non-hydrogen) atoms. The number of aromatic amines is 1. The highest BCUT2D eigenvalue weighted by Crippen LogP contribution is 2.29. The number of aromatic nitrogens is 1. The van der Waals surface area contributed by atoms with E-state index in [2.05, 4.69) is 10.3 Å². The molecule has 1 aromatic heterocycles. The molecular weight excluding hydrogens is 188 g/mol. The Morgan fingerprint density at radius 3 is 3.07 bits per heavy atom. The Kier molecular flexibility index (Phi) is 1.78. The van der Waals surface area contributed by atoms with Gasteiger partial charge in [-0.15, -0.1) is 0 Å². The average Bonchev–Trinajstić information content (AvgIpc) is 2.64. The van der Waals surface area contributed by atoms with Crippen molar-refractivity contribution in [3.8, 4) is 0 Å². The van der Waals surface area contributed by atoms with E-state index >= 15 is 0 Å². The van der Waals surface area contributed by atoms with Crippen LogP contribution in [-0.4, -0.2) is 17.3 Å². The first kappa shape index (κ1) is 8.53. The van der Waals surface area contributed by atoms with Crippen LogP contribution in [0.4, 0.5) is 5.69 Å². The Morgan fingerprint density at radius 1 is 1.20 bits per heavy atom. The van der Waals surface area contributed by atoms with Gasteiger partial charge in [0.2, 0.25) is 0 Å². The number of H-pyrrole nitrogens is 1. The van der Waals surface area contributed by atoms with Crippen molar-refractivity contribution in [3.63, 3.8) is 0 Å². The lowest BCUT2D eigenvalue weighted by Crippen LogP contribution is -2.00.